The Hall–Kier alpha value is -3.03. The summed E-state index contributed by atoms with van der Waals surface area (Å²) in [5, 5.41) is 11.5. The number of anilines is 1. The van der Waals surface area contributed by atoms with Crippen LogP contribution in [0.4, 0.5) is 5.13 Å². The number of ether oxygens (including phenoxy) is 1. The van der Waals surface area contributed by atoms with E-state index in [0.29, 0.717) is 28.1 Å². The van der Waals surface area contributed by atoms with Crippen LogP contribution >= 0.6 is 23.1 Å². The van der Waals surface area contributed by atoms with Crippen molar-refractivity contribution >= 4 is 49.9 Å². The van der Waals surface area contributed by atoms with Crippen LogP contribution in [0, 0.1) is 6.92 Å². The number of carbonyl (C=O) groups excluding carboxylic acids is 2. The summed E-state index contributed by atoms with van der Waals surface area (Å²) >= 11 is 2.15. The Morgan fingerprint density at radius 3 is 2.68 bits per heavy atom. The summed E-state index contributed by atoms with van der Waals surface area (Å²) in [5.41, 5.74) is 0.456. The number of nitrogens with one attached hydrogen (secondary N) is 1. The third-order valence-corrected chi connectivity index (χ3v) is 8.07. The number of nitrogens with zero attached hydrogens (tertiary/aromatic N) is 4. The summed E-state index contributed by atoms with van der Waals surface area (Å²) in [6, 6.07) is 8.14. The first-order chi connectivity index (χ1) is 16.2. The first-order valence-corrected chi connectivity index (χ1v) is 13.6. The molecule has 0 aliphatic heterocycles. The fraction of sp³-hybridized carbons (Fsp3) is 0.286. The summed E-state index contributed by atoms with van der Waals surface area (Å²) < 4.78 is 32.1. The van der Waals surface area contributed by atoms with Crippen LogP contribution in [0.5, 0.6) is 0 Å². The topological polar surface area (TPSA) is 133 Å². The van der Waals surface area contributed by atoms with Gasteiger partial charge in [0.2, 0.25) is 5.91 Å². The molecule has 0 spiro atoms. The summed E-state index contributed by atoms with van der Waals surface area (Å²) in [4.78, 5) is 29.1. The van der Waals surface area contributed by atoms with Gasteiger partial charge in [-0.15, -0.1) is 10.2 Å². The average Bonchev–Trinajstić information content (AvgIpc) is 3.38. The highest BCUT2D eigenvalue weighted by molar-refractivity contribution is 7.99. The van der Waals surface area contributed by atoms with Crippen molar-refractivity contribution in [3.8, 4) is 0 Å². The van der Waals surface area contributed by atoms with Gasteiger partial charge in [0.1, 0.15) is 23.1 Å². The van der Waals surface area contributed by atoms with E-state index in [0.717, 1.165) is 23.1 Å². The highest BCUT2D eigenvalue weighted by atomic mass is 32.2. The molecular weight excluding hydrogens is 498 g/mol. The molecule has 1 amide bonds. The summed E-state index contributed by atoms with van der Waals surface area (Å²) in [6.07, 6.45) is 1.46. The third-order valence-electron chi connectivity index (χ3n) is 4.42. The van der Waals surface area contributed by atoms with Crippen LogP contribution in [-0.4, -0.2) is 52.4 Å². The number of amides is 1. The minimum absolute atomic E-state index is 0.00155. The zero-order chi connectivity index (χ0) is 24.7. The van der Waals surface area contributed by atoms with Gasteiger partial charge in [0.15, 0.2) is 20.1 Å². The van der Waals surface area contributed by atoms with Crippen molar-refractivity contribution in [1.29, 1.82) is 0 Å². The van der Waals surface area contributed by atoms with E-state index in [-0.39, 0.29) is 34.0 Å². The quantitative estimate of drug-likeness (QED) is 0.229. The van der Waals surface area contributed by atoms with E-state index in [1.165, 1.54) is 18.2 Å². The number of hydrogen-bond acceptors (Lipinski definition) is 10. The van der Waals surface area contributed by atoms with Crippen molar-refractivity contribution in [2.75, 3.05) is 17.7 Å². The van der Waals surface area contributed by atoms with Gasteiger partial charge in [-0.3, -0.25) is 4.79 Å². The molecule has 1 aromatic carbocycles. The van der Waals surface area contributed by atoms with Gasteiger partial charge in [-0.05, 0) is 26.0 Å². The van der Waals surface area contributed by atoms with Crippen molar-refractivity contribution in [3.63, 3.8) is 0 Å². The zero-order valence-electron chi connectivity index (χ0n) is 18.6. The molecule has 0 aliphatic carbocycles. The summed E-state index contributed by atoms with van der Waals surface area (Å²) in [5.74, 6) is -0.883. The van der Waals surface area contributed by atoms with Gasteiger partial charge in [0.05, 0.1) is 16.3 Å². The Kier molecular flexibility index (Phi) is 8.58. The third kappa shape index (κ3) is 6.30. The lowest BCUT2D eigenvalue weighted by atomic mass is 10.4. The van der Waals surface area contributed by atoms with Crippen LogP contribution in [0.3, 0.4) is 0 Å². The predicted octanol–water partition coefficient (Wildman–Crippen LogP) is 3.11. The van der Waals surface area contributed by atoms with Crippen molar-refractivity contribution in [2.24, 2.45) is 0 Å². The second-order valence-corrected chi connectivity index (χ2v) is 10.8. The molecule has 3 aromatic rings. The predicted molar refractivity (Wildman–Crippen MR) is 130 cm³/mol. The Balaban J connectivity index is 1.63. The minimum Gasteiger partial charge on any atom is -0.457 e. The smallest absolute Gasteiger partial charge is 0.350 e. The van der Waals surface area contributed by atoms with Crippen LogP contribution in [0.15, 0.2) is 53.0 Å². The molecule has 34 heavy (non-hydrogen) atoms. The molecule has 0 radical (unpaired) electrons. The highest BCUT2D eigenvalue weighted by Crippen LogP contribution is 2.25. The maximum absolute atomic E-state index is 12.7. The van der Waals surface area contributed by atoms with Gasteiger partial charge in [-0.1, -0.05) is 54.0 Å². The lowest BCUT2D eigenvalue weighted by molar-refractivity contribution is -0.113. The number of thiazole rings is 1. The molecule has 0 aliphatic rings. The number of benzene rings is 1. The molecule has 2 aromatic heterocycles. The van der Waals surface area contributed by atoms with Crippen molar-refractivity contribution in [2.45, 2.75) is 36.2 Å². The van der Waals surface area contributed by atoms with Crippen molar-refractivity contribution < 1.29 is 22.7 Å². The molecule has 13 heteroatoms. The van der Waals surface area contributed by atoms with Gasteiger partial charge >= 0.3 is 5.97 Å². The molecule has 0 unspecified atom stereocenters. The summed E-state index contributed by atoms with van der Waals surface area (Å²) in [7, 11) is -3.58. The first kappa shape index (κ1) is 25.6. The number of hydrogen-bond donors (Lipinski definition) is 1. The van der Waals surface area contributed by atoms with Gasteiger partial charge < -0.3 is 14.6 Å². The standard InChI is InChI=1S/C21H23N5O5S3/c1-4-11-31-19(28)18-14(3)22-20(33-18)23-17(27)12-32-21-25-24-16(26(21)5-2)13-34(29,30)15-9-7-6-8-10-15/h4,6-10H,1,5,11-13H2,2-3H3,(H,22,23,27). The van der Waals surface area contributed by atoms with Crippen LogP contribution in [-0.2, 0) is 31.7 Å². The van der Waals surface area contributed by atoms with Crippen LogP contribution in [0.25, 0.3) is 0 Å². The number of sulfone groups is 1. The maximum atomic E-state index is 12.7. The largest absolute Gasteiger partial charge is 0.457 e. The molecule has 0 bridgehead atoms. The molecule has 180 valence electrons. The Bertz CT molecular complexity index is 1290. The number of thioether (sulfide) groups is 1. The second-order valence-electron chi connectivity index (χ2n) is 6.87. The van der Waals surface area contributed by atoms with Crippen LogP contribution < -0.4 is 5.32 Å². The fourth-order valence-electron chi connectivity index (χ4n) is 2.86. The number of aromatic nitrogens is 4. The van der Waals surface area contributed by atoms with E-state index in [1.54, 1.807) is 29.7 Å². The van der Waals surface area contributed by atoms with E-state index in [4.69, 9.17) is 4.74 Å². The van der Waals surface area contributed by atoms with Crippen LogP contribution in [0.2, 0.25) is 0 Å². The van der Waals surface area contributed by atoms with Crippen molar-refractivity contribution in [3.05, 3.63) is 59.4 Å². The molecule has 3 rings (SSSR count). The normalized spacial score (nSPS) is 11.2. The molecule has 0 saturated carbocycles. The lowest BCUT2D eigenvalue weighted by Crippen LogP contribution is -2.15. The van der Waals surface area contributed by atoms with Gasteiger partial charge in [-0.2, -0.15) is 0 Å². The molecule has 10 nitrogen and oxygen atoms in total. The van der Waals surface area contributed by atoms with Crippen LogP contribution in [0.1, 0.15) is 28.1 Å². The number of rotatable bonds is 11. The summed E-state index contributed by atoms with van der Waals surface area (Å²) in [6.45, 7) is 7.52. The highest BCUT2D eigenvalue weighted by Gasteiger charge is 2.22. The SMILES string of the molecule is C=CCOC(=O)c1sc(NC(=O)CSc2nnc(CS(=O)(=O)c3ccccc3)n2CC)nc1C. The minimum atomic E-state index is -3.58. The van der Waals surface area contributed by atoms with E-state index in [2.05, 4.69) is 27.1 Å². The number of carbonyl (C=O) groups is 2. The molecule has 0 fully saturated rings. The monoisotopic (exact) mass is 521 g/mol. The molecular formula is C21H23N5O5S3. The van der Waals surface area contributed by atoms with E-state index in [1.807, 2.05) is 6.92 Å². The van der Waals surface area contributed by atoms with Crippen molar-refractivity contribution in [1.82, 2.24) is 19.7 Å². The Morgan fingerprint density at radius 2 is 2.00 bits per heavy atom. The van der Waals surface area contributed by atoms with Gasteiger partial charge in [0.25, 0.3) is 0 Å². The second kappa shape index (κ2) is 11.4. The Labute approximate surface area is 205 Å². The first-order valence-electron chi connectivity index (χ1n) is 10.1. The average molecular weight is 522 g/mol. The molecule has 1 N–H and O–H groups in total. The molecule has 0 atom stereocenters. The lowest BCUT2D eigenvalue weighted by Gasteiger charge is -2.08. The number of aryl methyl sites for hydroxylation is 1. The molecule has 2 heterocycles. The number of esters is 1. The van der Waals surface area contributed by atoms with E-state index in [9.17, 15) is 18.0 Å². The van der Waals surface area contributed by atoms with Gasteiger partial charge in [-0.25, -0.2) is 18.2 Å². The molecule has 0 saturated heterocycles. The zero-order valence-corrected chi connectivity index (χ0v) is 21.0. The maximum Gasteiger partial charge on any atom is 0.350 e. The Morgan fingerprint density at radius 1 is 1.26 bits per heavy atom. The fourth-order valence-corrected chi connectivity index (χ4v) is 5.85. The van der Waals surface area contributed by atoms with Gasteiger partial charge in [0, 0.05) is 6.54 Å². The van der Waals surface area contributed by atoms with E-state index >= 15 is 0 Å². The van der Waals surface area contributed by atoms with E-state index < -0.39 is 15.8 Å².